The van der Waals surface area contributed by atoms with Crippen molar-refractivity contribution in [2.45, 2.75) is 6.54 Å². The van der Waals surface area contributed by atoms with Crippen LogP contribution in [-0.2, 0) is 11.3 Å². The van der Waals surface area contributed by atoms with E-state index in [4.69, 9.17) is 21.1 Å². The molecule has 0 spiro atoms. The molecule has 7 nitrogen and oxygen atoms in total. The Balaban J connectivity index is 2.14. The molecule has 1 N–H and O–H groups in total. The van der Waals surface area contributed by atoms with Crippen molar-refractivity contribution < 1.29 is 9.47 Å². The van der Waals surface area contributed by atoms with Gasteiger partial charge in [0.25, 0.3) is 0 Å². The Hall–Kier alpha value is -1.70. The van der Waals surface area contributed by atoms with E-state index >= 15 is 0 Å². The van der Waals surface area contributed by atoms with Crippen molar-refractivity contribution in [3.05, 3.63) is 29.0 Å². The molecule has 1 aromatic heterocycles. The van der Waals surface area contributed by atoms with Crippen molar-refractivity contribution in [3.8, 4) is 11.4 Å². The van der Waals surface area contributed by atoms with Gasteiger partial charge >= 0.3 is 0 Å². The highest BCUT2D eigenvalue weighted by Gasteiger charge is 2.10. The van der Waals surface area contributed by atoms with Gasteiger partial charge in [0.05, 0.1) is 31.0 Å². The van der Waals surface area contributed by atoms with E-state index in [9.17, 15) is 0 Å². The molecule has 8 heteroatoms. The maximum atomic E-state index is 6.00. The maximum Gasteiger partial charge on any atom is 0.170 e. The Morgan fingerprint density at radius 1 is 1.35 bits per heavy atom. The summed E-state index contributed by atoms with van der Waals surface area (Å²) in [5.74, 6) is 1.28. The van der Waals surface area contributed by atoms with Crippen molar-refractivity contribution in [1.82, 2.24) is 25.5 Å². The standard InChI is InChI=1S/C12H16ClN5O2/c1-19-6-5-14-8-12-15-16-17-18(12)9-3-4-10(13)11(7-9)20-2/h3-4,7,14H,5-6,8H2,1-2H3. The first-order valence-corrected chi connectivity index (χ1v) is 6.45. The molecule has 0 amide bonds. The molecule has 0 saturated carbocycles. The Morgan fingerprint density at radius 2 is 2.20 bits per heavy atom. The summed E-state index contributed by atoms with van der Waals surface area (Å²) in [5.41, 5.74) is 0.791. The van der Waals surface area contributed by atoms with E-state index in [1.165, 1.54) is 0 Å². The minimum atomic E-state index is 0.543. The number of methoxy groups -OCH3 is 2. The van der Waals surface area contributed by atoms with Crippen molar-refractivity contribution in [3.63, 3.8) is 0 Å². The number of nitrogens with zero attached hydrogens (tertiary/aromatic N) is 4. The Labute approximate surface area is 121 Å². The number of rotatable bonds is 7. The van der Waals surface area contributed by atoms with Crippen molar-refractivity contribution in [1.29, 1.82) is 0 Å². The highest BCUT2D eigenvalue weighted by atomic mass is 35.5. The SMILES string of the molecule is COCCNCc1nnnn1-c1ccc(Cl)c(OC)c1. The lowest BCUT2D eigenvalue weighted by Crippen LogP contribution is -2.21. The number of ether oxygens (including phenoxy) is 2. The molecular formula is C12H16ClN5O2. The summed E-state index contributed by atoms with van der Waals surface area (Å²) in [5, 5.41) is 15.4. The van der Waals surface area contributed by atoms with E-state index in [-0.39, 0.29) is 0 Å². The van der Waals surface area contributed by atoms with Crippen LogP contribution in [-0.4, -0.2) is 47.6 Å². The minimum absolute atomic E-state index is 0.543. The van der Waals surface area contributed by atoms with Gasteiger partial charge in [0.15, 0.2) is 5.82 Å². The third kappa shape index (κ3) is 3.44. The molecule has 1 heterocycles. The topological polar surface area (TPSA) is 74.1 Å². The van der Waals surface area contributed by atoms with E-state index in [0.717, 1.165) is 12.2 Å². The molecule has 20 heavy (non-hydrogen) atoms. The van der Waals surface area contributed by atoms with Gasteiger partial charge < -0.3 is 14.8 Å². The van der Waals surface area contributed by atoms with E-state index < -0.39 is 0 Å². The average molecular weight is 298 g/mol. The Bertz CT molecular complexity index is 561. The lowest BCUT2D eigenvalue weighted by atomic mass is 10.3. The van der Waals surface area contributed by atoms with Crippen molar-refractivity contribution in [2.75, 3.05) is 27.4 Å². The van der Waals surface area contributed by atoms with Crippen LogP contribution < -0.4 is 10.1 Å². The van der Waals surface area contributed by atoms with Crippen LogP contribution >= 0.6 is 11.6 Å². The first-order chi connectivity index (χ1) is 9.76. The second-order valence-electron chi connectivity index (χ2n) is 4.00. The molecule has 108 valence electrons. The number of halogens is 1. The van der Waals surface area contributed by atoms with Gasteiger partial charge in [-0.1, -0.05) is 11.6 Å². The fraction of sp³-hybridized carbons (Fsp3) is 0.417. The molecule has 0 fully saturated rings. The largest absolute Gasteiger partial charge is 0.495 e. The molecular weight excluding hydrogens is 282 g/mol. The smallest absolute Gasteiger partial charge is 0.170 e. The highest BCUT2D eigenvalue weighted by Crippen LogP contribution is 2.26. The maximum absolute atomic E-state index is 6.00. The molecule has 0 bridgehead atoms. The third-order valence-electron chi connectivity index (χ3n) is 2.68. The summed E-state index contributed by atoms with van der Waals surface area (Å²) in [6, 6.07) is 5.37. The number of aromatic nitrogens is 4. The Kier molecular flexibility index (Phi) is 5.28. The van der Waals surface area contributed by atoms with Gasteiger partial charge in [0.1, 0.15) is 5.75 Å². The first-order valence-electron chi connectivity index (χ1n) is 6.07. The molecule has 0 radical (unpaired) electrons. The van der Waals surface area contributed by atoms with E-state index in [2.05, 4.69) is 20.8 Å². The normalized spacial score (nSPS) is 10.8. The molecule has 0 aliphatic heterocycles. The summed E-state index contributed by atoms with van der Waals surface area (Å²) in [6.07, 6.45) is 0. The van der Waals surface area contributed by atoms with Crippen LogP contribution in [0.2, 0.25) is 5.02 Å². The predicted molar refractivity (Wildman–Crippen MR) is 74.3 cm³/mol. The quantitative estimate of drug-likeness (QED) is 0.770. The van der Waals surface area contributed by atoms with Crippen molar-refractivity contribution in [2.24, 2.45) is 0 Å². The summed E-state index contributed by atoms with van der Waals surface area (Å²) in [4.78, 5) is 0. The van der Waals surface area contributed by atoms with Crippen LogP contribution in [0.15, 0.2) is 18.2 Å². The first kappa shape index (κ1) is 14.7. The van der Waals surface area contributed by atoms with Gasteiger partial charge in [-0.05, 0) is 22.6 Å². The molecule has 2 aromatic rings. The van der Waals surface area contributed by atoms with Crippen LogP contribution in [0.5, 0.6) is 5.75 Å². The summed E-state index contributed by atoms with van der Waals surface area (Å²) >= 11 is 6.00. The number of tetrazole rings is 1. The summed E-state index contributed by atoms with van der Waals surface area (Å²) in [6.45, 7) is 1.91. The zero-order valence-electron chi connectivity index (χ0n) is 11.3. The van der Waals surface area contributed by atoms with Crippen LogP contribution in [0.1, 0.15) is 5.82 Å². The minimum Gasteiger partial charge on any atom is -0.495 e. The predicted octanol–water partition coefficient (Wildman–Crippen LogP) is 1.06. The second-order valence-corrected chi connectivity index (χ2v) is 4.40. The van der Waals surface area contributed by atoms with E-state index in [0.29, 0.717) is 29.7 Å². The fourth-order valence-electron chi connectivity index (χ4n) is 1.67. The number of nitrogens with one attached hydrogen (secondary N) is 1. The van der Waals surface area contributed by atoms with E-state index in [1.807, 2.05) is 6.07 Å². The van der Waals surface area contributed by atoms with Gasteiger partial charge in [-0.25, -0.2) is 0 Å². The van der Waals surface area contributed by atoms with Gasteiger partial charge in [-0.15, -0.1) is 5.10 Å². The van der Waals surface area contributed by atoms with Crippen LogP contribution in [0.25, 0.3) is 5.69 Å². The molecule has 0 saturated heterocycles. The number of hydrogen-bond donors (Lipinski definition) is 1. The molecule has 2 rings (SSSR count). The number of hydrogen-bond acceptors (Lipinski definition) is 6. The molecule has 0 atom stereocenters. The van der Waals surface area contributed by atoms with E-state index in [1.54, 1.807) is 31.0 Å². The lowest BCUT2D eigenvalue weighted by molar-refractivity contribution is 0.199. The Morgan fingerprint density at radius 3 is 2.95 bits per heavy atom. The lowest BCUT2D eigenvalue weighted by Gasteiger charge is -2.08. The van der Waals surface area contributed by atoms with Crippen LogP contribution in [0.4, 0.5) is 0 Å². The molecule has 0 aliphatic carbocycles. The number of benzene rings is 1. The monoisotopic (exact) mass is 297 g/mol. The van der Waals surface area contributed by atoms with Crippen LogP contribution in [0, 0.1) is 0 Å². The second kappa shape index (κ2) is 7.18. The van der Waals surface area contributed by atoms with Gasteiger partial charge in [0, 0.05) is 19.7 Å². The molecule has 0 aliphatic rings. The fourth-order valence-corrected chi connectivity index (χ4v) is 1.87. The van der Waals surface area contributed by atoms with Crippen molar-refractivity contribution >= 4 is 11.6 Å². The average Bonchev–Trinajstić information content (AvgIpc) is 2.92. The third-order valence-corrected chi connectivity index (χ3v) is 2.99. The molecule has 0 unspecified atom stereocenters. The van der Waals surface area contributed by atoms with Gasteiger partial charge in [-0.3, -0.25) is 0 Å². The zero-order valence-corrected chi connectivity index (χ0v) is 12.1. The zero-order chi connectivity index (χ0) is 14.4. The highest BCUT2D eigenvalue weighted by molar-refractivity contribution is 6.32. The summed E-state index contributed by atoms with van der Waals surface area (Å²) < 4.78 is 11.8. The van der Waals surface area contributed by atoms with Crippen LogP contribution in [0.3, 0.4) is 0 Å². The summed E-state index contributed by atoms with van der Waals surface area (Å²) in [7, 11) is 3.23. The molecule has 1 aromatic carbocycles. The van der Waals surface area contributed by atoms with Gasteiger partial charge in [-0.2, -0.15) is 4.68 Å². The van der Waals surface area contributed by atoms with Gasteiger partial charge in [0.2, 0.25) is 0 Å².